The molecule has 7 heteroatoms. The van der Waals surface area contributed by atoms with Crippen LogP contribution in [-0.2, 0) is 19.4 Å². The second-order valence-corrected chi connectivity index (χ2v) is 4.13. The summed E-state index contributed by atoms with van der Waals surface area (Å²) in [6.45, 7) is 1.91. The molecule has 0 unspecified atom stereocenters. The molecule has 0 aromatic carbocycles. The van der Waals surface area contributed by atoms with Gasteiger partial charge in [-0.3, -0.25) is 13.5 Å². The quantitative estimate of drug-likeness (QED) is 0.618. The Balaban J connectivity index is 0.000000255. The highest BCUT2D eigenvalue weighted by Crippen LogP contribution is 2.01. The minimum atomic E-state index is -4.16. The lowest BCUT2D eigenvalue weighted by atomic mass is 10.1. The molecule has 0 saturated carbocycles. The minimum absolute atomic E-state index is 0.420. The smallest absolute Gasteiger partial charge is 0.305 e. The van der Waals surface area contributed by atoms with E-state index in [0.29, 0.717) is 5.78 Å². The van der Waals surface area contributed by atoms with E-state index in [9.17, 15) is 13.2 Å². The normalized spacial score (nSPS) is 18.6. The van der Waals surface area contributed by atoms with Gasteiger partial charge in [0.05, 0.1) is 7.11 Å². The van der Waals surface area contributed by atoms with Gasteiger partial charge in [-0.15, -0.1) is 0 Å². The molecule has 1 heterocycles. The zero-order valence-corrected chi connectivity index (χ0v) is 9.08. The maximum absolute atomic E-state index is 10.6. The van der Waals surface area contributed by atoms with Gasteiger partial charge < -0.3 is 4.90 Å². The molecule has 0 atom stereocenters. The van der Waals surface area contributed by atoms with Gasteiger partial charge in [0.25, 0.3) is 0 Å². The number of Topliss-reactive ketones (excluding diaryl/α,β-unsaturated/α-hetero) is 1. The average Bonchev–Trinajstić information content (AvgIpc) is 2.10. The molecule has 14 heavy (non-hydrogen) atoms. The molecular weight excluding hydrogens is 210 g/mol. The fourth-order valence-corrected chi connectivity index (χ4v) is 0.868. The van der Waals surface area contributed by atoms with E-state index in [1.54, 1.807) is 0 Å². The predicted molar refractivity (Wildman–Crippen MR) is 50.3 cm³/mol. The lowest BCUT2D eigenvalue weighted by Gasteiger charge is -2.19. The monoisotopic (exact) mass is 225 g/mol. The van der Waals surface area contributed by atoms with Crippen molar-refractivity contribution in [1.82, 2.24) is 4.90 Å². The minimum Gasteiger partial charge on any atom is -0.305 e. The van der Waals surface area contributed by atoms with Gasteiger partial charge in [0, 0.05) is 25.9 Å². The fraction of sp³-hybridized carbons (Fsp3) is 0.857. The first kappa shape index (κ1) is 13.5. The van der Waals surface area contributed by atoms with Crippen LogP contribution in [-0.4, -0.2) is 50.9 Å². The predicted octanol–water partition coefficient (Wildman–Crippen LogP) is -0.283. The Morgan fingerprint density at radius 1 is 1.36 bits per heavy atom. The van der Waals surface area contributed by atoms with Crippen molar-refractivity contribution in [2.45, 2.75) is 12.8 Å². The van der Waals surface area contributed by atoms with Crippen molar-refractivity contribution in [2.75, 3.05) is 27.2 Å². The molecule has 0 spiro atoms. The fourth-order valence-electron chi connectivity index (χ4n) is 0.868. The summed E-state index contributed by atoms with van der Waals surface area (Å²) in [5.74, 6) is 0.420. The van der Waals surface area contributed by atoms with Gasteiger partial charge >= 0.3 is 10.4 Å². The summed E-state index contributed by atoms with van der Waals surface area (Å²) in [5, 5.41) is 0. The topological polar surface area (TPSA) is 83.9 Å². The van der Waals surface area contributed by atoms with Crippen LogP contribution in [0.15, 0.2) is 0 Å². The zero-order valence-electron chi connectivity index (χ0n) is 8.26. The Morgan fingerprint density at radius 3 is 1.93 bits per heavy atom. The van der Waals surface area contributed by atoms with Crippen LogP contribution in [0.3, 0.4) is 0 Å². The number of nitrogens with zero attached hydrogens (tertiary/aromatic N) is 1. The van der Waals surface area contributed by atoms with E-state index in [4.69, 9.17) is 4.55 Å². The van der Waals surface area contributed by atoms with Crippen LogP contribution in [0.5, 0.6) is 0 Å². The first-order valence-electron chi connectivity index (χ1n) is 4.08. The van der Waals surface area contributed by atoms with Crippen molar-refractivity contribution in [3.8, 4) is 0 Å². The Hall–Kier alpha value is -0.500. The molecule has 1 aliphatic rings. The Morgan fingerprint density at radius 2 is 1.71 bits per heavy atom. The standard InChI is InChI=1S/C6H11NO.CH4O4S/c1-7-4-2-6(8)3-5-7;1-5-6(2,3)4/h2-5H2,1H3;1H3,(H,2,3,4). The van der Waals surface area contributed by atoms with E-state index in [2.05, 4.69) is 9.08 Å². The number of hydrogen-bond donors (Lipinski definition) is 1. The van der Waals surface area contributed by atoms with Gasteiger partial charge in [0.1, 0.15) is 5.78 Å². The Bertz CT molecular complexity index is 264. The highest BCUT2D eigenvalue weighted by atomic mass is 32.3. The zero-order chi connectivity index (χ0) is 11.2. The van der Waals surface area contributed by atoms with Crippen LogP contribution in [0, 0.1) is 0 Å². The van der Waals surface area contributed by atoms with E-state index in [-0.39, 0.29) is 0 Å². The average molecular weight is 225 g/mol. The molecule has 0 aliphatic carbocycles. The molecule has 1 fully saturated rings. The highest BCUT2D eigenvalue weighted by molar-refractivity contribution is 7.80. The molecule has 0 aromatic rings. The van der Waals surface area contributed by atoms with Crippen LogP contribution in [0.1, 0.15) is 12.8 Å². The third-order valence-corrected chi connectivity index (χ3v) is 2.18. The molecule has 0 radical (unpaired) electrons. The van der Waals surface area contributed by atoms with Crippen molar-refractivity contribution in [3.05, 3.63) is 0 Å². The molecule has 1 N–H and O–H groups in total. The first-order valence-corrected chi connectivity index (χ1v) is 5.45. The maximum atomic E-state index is 10.6. The Labute approximate surface area is 83.8 Å². The highest BCUT2D eigenvalue weighted by Gasteiger charge is 2.10. The van der Waals surface area contributed by atoms with Gasteiger partial charge in [-0.25, -0.2) is 0 Å². The Kier molecular flexibility index (Phi) is 5.86. The number of piperidine rings is 1. The van der Waals surface area contributed by atoms with Crippen LogP contribution in [0.25, 0.3) is 0 Å². The molecule has 0 amide bonds. The van der Waals surface area contributed by atoms with E-state index in [0.717, 1.165) is 33.0 Å². The second kappa shape index (κ2) is 6.07. The summed E-state index contributed by atoms with van der Waals surface area (Å²) in [4.78, 5) is 12.8. The first-order chi connectivity index (χ1) is 6.35. The maximum Gasteiger partial charge on any atom is 0.397 e. The third-order valence-electron chi connectivity index (χ3n) is 1.76. The number of likely N-dealkylation sites (tertiary alicyclic amines) is 1. The van der Waals surface area contributed by atoms with Crippen LogP contribution in [0.4, 0.5) is 0 Å². The molecule has 0 bridgehead atoms. The molecule has 1 rings (SSSR count). The van der Waals surface area contributed by atoms with Crippen molar-refractivity contribution in [1.29, 1.82) is 0 Å². The summed E-state index contributed by atoms with van der Waals surface area (Å²) in [6, 6.07) is 0. The molecule has 0 aromatic heterocycles. The number of ketones is 1. The molecular formula is C7H15NO5S. The summed E-state index contributed by atoms with van der Waals surface area (Å²) in [5.41, 5.74) is 0. The number of hydrogen-bond acceptors (Lipinski definition) is 5. The van der Waals surface area contributed by atoms with Crippen molar-refractivity contribution in [2.24, 2.45) is 0 Å². The summed E-state index contributed by atoms with van der Waals surface area (Å²) < 4.78 is 29.7. The van der Waals surface area contributed by atoms with Gasteiger partial charge in [-0.2, -0.15) is 8.42 Å². The van der Waals surface area contributed by atoms with Crippen molar-refractivity contribution in [3.63, 3.8) is 0 Å². The summed E-state index contributed by atoms with van der Waals surface area (Å²) in [6.07, 6.45) is 1.52. The van der Waals surface area contributed by atoms with Crippen molar-refractivity contribution < 1.29 is 21.9 Å². The van der Waals surface area contributed by atoms with Gasteiger partial charge in [0.15, 0.2) is 0 Å². The van der Waals surface area contributed by atoms with Crippen LogP contribution < -0.4 is 0 Å². The van der Waals surface area contributed by atoms with Crippen LogP contribution in [0.2, 0.25) is 0 Å². The van der Waals surface area contributed by atoms with E-state index in [1.165, 1.54) is 0 Å². The van der Waals surface area contributed by atoms with Gasteiger partial charge in [0.2, 0.25) is 0 Å². The van der Waals surface area contributed by atoms with E-state index < -0.39 is 10.4 Å². The van der Waals surface area contributed by atoms with Crippen molar-refractivity contribution >= 4 is 16.2 Å². The van der Waals surface area contributed by atoms with E-state index >= 15 is 0 Å². The lowest BCUT2D eigenvalue weighted by molar-refractivity contribution is -0.121. The number of carbonyl (C=O) groups excluding carboxylic acids is 1. The largest absolute Gasteiger partial charge is 0.397 e. The lowest BCUT2D eigenvalue weighted by Crippen LogP contribution is -2.29. The summed E-state index contributed by atoms with van der Waals surface area (Å²) in [7, 11) is -1.24. The third kappa shape index (κ3) is 8.11. The van der Waals surface area contributed by atoms with Gasteiger partial charge in [-0.1, -0.05) is 0 Å². The molecule has 1 saturated heterocycles. The SMILES string of the molecule is CN1CCC(=O)CC1.COS(=O)(=O)O. The molecule has 1 aliphatic heterocycles. The summed E-state index contributed by atoms with van der Waals surface area (Å²) >= 11 is 0. The number of carbonyl (C=O) groups is 1. The molecule has 84 valence electrons. The second-order valence-electron chi connectivity index (χ2n) is 2.94. The van der Waals surface area contributed by atoms with E-state index in [1.807, 2.05) is 7.05 Å². The number of rotatable bonds is 1. The molecule has 6 nitrogen and oxygen atoms in total. The van der Waals surface area contributed by atoms with Crippen LogP contribution >= 0.6 is 0 Å². The van der Waals surface area contributed by atoms with Gasteiger partial charge in [-0.05, 0) is 7.05 Å².